The van der Waals surface area contributed by atoms with E-state index in [2.05, 4.69) is 28.2 Å². The van der Waals surface area contributed by atoms with Crippen molar-refractivity contribution in [3.8, 4) is 0 Å². The van der Waals surface area contributed by atoms with Crippen LogP contribution in [-0.2, 0) is 15.9 Å². The zero-order valence-corrected chi connectivity index (χ0v) is 18.4. The molecule has 3 heterocycles. The van der Waals surface area contributed by atoms with Crippen molar-refractivity contribution in [2.24, 2.45) is 5.92 Å². The Morgan fingerprint density at radius 1 is 1.40 bits per heavy atom. The van der Waals surface area contributed by atoms with Gasteiger partial charge in [-0.2, -0.15) is 0 Å². The summed E-state index contributed by atoms with van der Waals surface area (Å²) in [7, 11) is 1.87. The van der Waals surface area contributed by atoms with Crippen LogP contribution in [0.4, 0.5) is 4.79 Å². The lowest BCUT2D eigenvalue weighted by Gasteiger charge is -2.51. The minimum absolute atomic E-state index is 0.0117. The molecule has 7 nitrogen and oxygen atoms in total. The van der Waals surface area contributed by atoms with Gasteiger partial charge in [-0.1, -0.05) is 13.0 Å². The van der Waals surface area contributed by atoms with Crippen LogP contribution in [0, 0.1) is 5.92 Å². The number of hydrogen-bond acceptors (Lipinski definition) is 5. The molecule has 30 heavy (non-hydrogen) atoms. The number of fused-ring (bicyclic) bond motifs is 1. The highest BCUT2D eigenvalue weighted by molar-refractivity contribution is 5.74. The summed E-state index contributed by atoms with van der Waals surface area (Å²) in [5, 5.41) is 3.30. The van der Waals surface area contributed by atoms with Gasteiger partial charge in [-0.05, 0) is 49.8 Å². The number of aromatic nitrogens is 1. The van der Waals surface area contributed by atoms with E-state index in [1.807, 2.05) is 19.3 Å². The van der Waals surface area contributed by atoms with Crippen molar-refractivity contribution in [2.75, 3.05) is 39.9 Å². The summed E-state index contributed by atoms with van der Waals surface area (Å²) in [6.07, 6.45) is 9.64. The molecule has 0 aromatic carbocycles. The smallest absolute Gasteiger partial charge is 0.317 e. The number of hydrogen-bond donors (Lipinski definition) is 1. The van der Waals surface area contributed by atoms with Crippen LogP contribution < -0.4 is 5.32 Å². The lowest BCUT2D eigenvalue weighted by molar-refractivity contribution is -0.201. The van der Waals surface area contributed by atoms with Gasteiger partial charge in [0.05, 0.1) is 13.2 Å². The molecular weight excluding hydrogens is 380 g/mol. The van der Waals surface area contributed by atoms with Gasteiger partial charge < -0.3 is 19.7 Å². The summed E-state index contributed by atoms with van der Waals surface area (Å²) in [4.78, 5) is 21.4. The number of nitrogens with zero attached hydrogens (tertiary/aromatic N) is 3. The summed E-state index contributed by atoms with van der Waals surface area (Å²) in [5.41, 5.74) is 1.15. The zero-order valence-electron chi connectivity index (χ0n) is 18.4. The largest absolute Gasteiger partial charge is 0.348 e. The third-order valence-electron chi connectivity index (χ3n) is 6.91. The molecule has 3 fully saturated rings. The molecule has 7 heteroatoms. The normalized spacial score (nSPS) is 28.3. The molecule has 3 atom stereocenters. The Morgan fingerprint density at radius 2 is 2.23 bits per heavy atom. The fourth-order valence-corrected chi connectivity index (χ4v) is 5.46. The van der Waals surface area contributed by atoms with Crippen molar-refractivity contribution in [3.05, 3.63) is 30.1 Å². The lowest BCUT2D eigenvalue weighted by Crippen LogP contribution is -2.60. The fourth-order valence-electron chi connectivity index (χ4n) is 5.46. The quantitative estimate of drug-likeness (QED) is 0.772. The Kier molecular flexibility index (Phi) is 6.91. The van der Waals surface area contributed by atoms with Gasteiger partial charge in [0.15, 0.2) is 5.79 Å². The van der Waals surface area contributed by atoms with Crippen LogP contribution >= 0.6 is 0 Å². The molecule has 0 radical (unpaired) electrons. The Labute approximate surface area is 180 Å². The molecule has 1 saturated carbocycles. The SMILES string of the molecule is CCCN1C[C@@H](NC(=O)N(C)CCc2cccnc2)C[C@@H]2CC3(CC[C@H]21)OCCO3. The van der Waals surface area contributed by atoms with E-state index in [9.17, 15) is 4.79 Å². The molecule has 1 aromatic rings. The molecule has 1 aromatic heterocycles. The summed E-state index contributed by atoms with van der Waals surface area (Å²) < 4.78 is 12.0. The molecule has 166 valence electrons. The number of carbonyl (C=O) groups is 1. The van der Waals surface area contributed by atoms with E-state index in [0.717, 1.165) is 57.2 Å². The van der Waals surface area contributed by atoms with Gasteiger partial charge in [0.2, 0.25) is 0 Å². The second kappa shape index (κ2) is 9.62. The lowest BCUT2D eigenvalue weighted by atomic mass is 9.74. The topological polar surface area (TPSA) is 66.9 Å². The van der Waals surface area contributed by atoms with Gasteiger partial charge in [-0.3, -0.25) is 9.88 Å². The molecule has 3 aliphatic rings. The molecule has 2 amide bonds. The number of ether oxygens (including phenoxy) is 2. The molecule has 2 aliphatic heterocycles. The van der Waals surface area contributed by atoms with E-state index >= 15 is 0 Å². The van der Waals surface area contributed by atoms with Crippen LogP contribution in [0.2, 0.25) is 0 Å². The Bertz CT molecular complexity index is 695. The number of nitrogens with one attached hydrogen (secondary N) is 1. The van der Waals surface area contributed by atoms with Crippen LogP contribution in [-0.4, -0.2) is 78.6 Å². The van der Waals surface area contributed by atoms with Crippen molar-refractivity contribution >= 4 is 6.03 Å². The molecule has 1 aliphatic carbocycles. The van der Waals surface area contributed by atoms with E-state index in [4.69, 9.17) is 9.47 Å². The van der Waals surface area contributed by atoms with Gasteiger partial charge in [0, 0.05) is 57.5 Å². The highest BCUT2D eigenvalue weighted by Crippen LogP contribution is 2.44. The predicted molar refractivity (Wildman–Crippen MR) is 115 cm³/mol. The maximum atomic E-state index is 12.8. The van der Waals surface area contributed by atoms with E-state index in [1.165, 1.54) is 0 Å². The van der Waals surface area contributed by atoms with Gasteiger partial charge in [0.1, 0.15) is 0 Å². The minimum Gasteiger partial charge on any atom is -0.348 e. The van der Waals surface area contributed by atoms with Gasteiger partial charge in [-0.15, -0.1) is 0 Å². The van der Waals surface area contributed by atoms with E-state index in [0.29, 0.717) is 31.7 Å². The summed E-state index contributed by atoms with van der Waals surface area (Å²) in [6, 6.07) is 4.75. The second-order valence-electron chi connectivity index (χ2n) is 9.09. The first kappa shape index (κ1) is 21.5. The number of piperidine rings is 1. The van der Waals surface area contributed by atoms with Gasteiger partial charge in [0.25, 0.3) is 0 Å². The summed E-state index contributed by atoms with van der Waals surface area (Å²) in [5.74, 6) is 0.133. The monoisotopic (exact) mass is 416 g/mol. The van der Waals surface area contributed by atoms with Crippen LogP contribution in [0.3, 0.4) is 0 Å². The molecule has 4 rings (SSSR count). The molecule has 1 N–H and O–H groups in total. The summed E-state index contributed by atoms with van der Waals surface area (Å²) in [6.45, 7) is 6.34. The van der Waals surface area contributed by atoms with Crippen molar-refractivity contribution in [1.29, 1.82) is 0 Å². The molecule has 1 spiro atoms. The van der Waals surface area contributed by atoms with Gasteiger partial charge in [-0.25, -0.2) is 4.79 Å². The first-order valence-electron chi connectivity index (χ1n) is 11.5. The maximum Gasteiger partial charge on any atom is 0.317 e. The van der Waals surface area contributed by atoms with Crippen LogP contribution in [0.15, 0.2) is 24.5 Å². The molecule has 0 bridgehead atoms. The Hall–Kier alpha value is -1.70. The fraction of sp³-hybridized carbons (Fsp3) is 0.739. The Balaban J connectivity index is 1.34. The maximum absolute atomic E-state index is 12.8. The standard InChI is InChI=1S/C23H36N4O3/c1-3-10-27-17-20(14-19-15-23(8-6-21(19)27)29-12-13-30-23)25-22(28)26(2)11-7-18-5-4-9-24-16-18/h4-5,9,16,19-21H,3,6-8,10-15,17H2,1-2H3,(H,25,28)/t19-,20+,21-/m1/s1. The second-order valence-corrected chi connectivity index (χ2v) is 9.09. The molecular formula is C23H36N4O3. The highest BCUT2D eigenvalue weighted by atomic mass is 16.7. The molecule has 2 saturated heterocycles. The van der Waals surface area contributed by atoms with Crippen molar-refractivity contribution in [1.82, 2.24) is 20.1 Å². The first-order chi connectivity index (χ1) is 14.6. The number of likely N-dealkylation sites (tertiary alicyclic amines) is 1. The van der Waals surface area contributed by atoms with Crippen LogP contribution in [0.5, 0.6) is 0 Å². The van der Waals surface area contributed by atoms with E-state index < -0.39 is 0 Å². The number of rotatable bonds is 6. The van der Waals surface area contributed by atoms with Crippen molar-refractivity contribution < 1.29 is 14.3 Å². The third kappa shape index (κ3) is 4.95. The zero-order chi connectivity index (χ0) is 21.0. The summed E-state index contributed by atoms with van der Waals surface area (Å²) >= 11 is 0. The van der Waals surface area contributed by atoms with Gasteiger partial charge >= 0.3 is 6.03 Å². The average molecular weight is 417 g/mol. The van der Waals surface area contributed by atoms with E-state index in [-0.39, 0.29) is 17.9 Å². The number of urea groups is 1. The van der Waals surface area contributed by atoms with E-state index in [1.54, 1.807) is 11.1 Å². The first-order valence-corrected chi connectivity index (χ1v) is 11.5. The molecule has 0 unspecified atom stereocenters. The number of amides is 2. The highest BCUT2D eigenvalue weighted by Gasteiger charge is 2.49. The van der Waals surface area contributed by atoms with Crippen molar-refractivity contribution in [3.63, 3.8) is 0 Å². The number of carbonyl (C=O) groups excluding carboxylic acids is 1. The van der Waals surface area contributed by atoms with Crippen LogP contribution in [0.1, 0.15) is 44.6 Å². The number of pyridine rings is 1. The van der Waals surface area contributed by atoms with Crippen LogP contribution in [0.25, 0.3) is 0 Å². The predicted octanol–water partition coefficient (Wildman–Crippen LogP) is 2.66. The third-order valence-corrected chi connectivity index (χ3v) is 6.91. The Morgan fingerprint density at radius 3 is 2.97 bits per heavy atom. The average Bonchev–Trinajstić information content (AvgIpc) is 3.20. The minimum atomic E-state index is -0.370. The van der Waals surface area contributed by atoms with Crippen molar-refractivity contribution in [2.45, 2.75) is 63.3 Å². The number of likely N-dealkylation sites (N-methyl/N-ethyl adjacent to an activating group) is 1.